The minimum atomic E-state index is -0.875. The first-order valence-electron chi connectivity index (χ1n) is 7.45. The summed E-state index contributed by atoms with van der Waals surface area (Å²) in [6.07, 6.45) is 2.14. The zero-order chi connectivity index (χ0) is 18.8. The summed E-state index contributed by atoms with van der Waals surface area (Å²) in [6, 6.07) is 0. The Labute approximate surface area is 164 Å². The molecule has 2 rings (SSSR count). The molecular formula is C15H18ClN3O3S3. The quantitative estimate of drug-likeness (QED) is 0.673. The third-order valence-corrected chi connectivity index (χ3v) is 5.64. The number of allylic oxidation sites excluding steroid dienone is 1. The summed E-state index contributed by atoms with van der Waals surface area (Å²) in [5.41, 5.74) is -0.259. The third kappa shape index (κ3) is 5.67. The van der Waals surface area contributed by atoms with Crippen molar-refractivity contribution in [2.24, 2.45) is 9.98 Å². The van der Waals surface area contributed by atoms with Gasteiger partial charge in [0, 0.05) is 13.0 Å². The number of amidine groups is 1. The van der Waals surface area contributed by atoms with E-state index in [4.69, 9.17) is 28.9 Å². The SMILES string of the molecule is CC(C)(C)N=C1N=C(Cl)C(=Cc2sc(=S)n(CCCC(=O)O)c2O)S1. The molecule has 25 heavy (non-hydrogen) atoms. The van der Waals surface area contributed by atoms with Crippen LogP contribution in [0.1, 0.15) is 38.5 Å². The molecule has 2 N–H and O–H groups in total. The molecule has 0 atom stereocenters. The predicted molar refractivity (Wildman–Crippen MR) is 108 cm³/mol. The van der Waals surface area contributed by atoms with Crippen molar-refractivity contribution >= 4 is 69.3 Å². The number of thioether (sulfide) groups is 1. The molecule has 0 fully saturated rings. The van der Waals surface area contributed by atoms with Crippen molar-refractivity contribution in [2.45, 2.75) is 45.7 Å². The van der Waals surface area contributed by atoms with E-state index in [0.29, 0.717) is 37.0 Å². The van der Waals surface area contributed by atoms with Gasteiger partial charge in [0.15, 0.2) is 9.12 Å². The number of carboxylic acid groups (broad SMARTS) is 1. The molecule has 0 aromatic carbocycles. The summed E-state index contributed by atoms with van der Waals surface area (Å²) in [7, 11) is 0. The van der Waals surface area contributed by atoms with Crippen LogP contribution in [-0.2, 0) is 11.3 Å². The molecule has 0 aliphatic carbocycles. The van der Waals surface area contributed by atoms with Gasteiger partial charge in [-0.2, -0.15) is 0 Å². The number of thiazole rings is 1. The number of hydrogen-bond acceptors (Lipinski definition) is 6. The highest BCUT2D eigenvalue weighted by molar-refractivity contribution is 8.18. The fourth-order valence-electron chi connectivity index (χ4n) is 1.94. The van der Waals surface area contributed by atoms with Crippen molar-refractivity contribution in [3.63, 3.8) is 0 Å². The molecular weight excluding hydrogens is 402 g/mol. The monoisotopic (exact) mass is 419 g/mol. The molecule has 0 spiro atoms. The van der Waals surface area contributed by atoms with Gasteiger partial charge in [0.05, 0.1) is 15.3 Å². The van der Waals surface area contributed by atoms with E-state index in [2.05, 4.69) is 9.98 Å². The number of carboxylic acids is 1. The minimum absolute atomic E-state index is 0.0131. The average molecular weight is 420 g/mol. The van der Waals surface area contributed by atoms with E-state index in [1.807, 2.05) is 20.8 Å². The highest BCUT2D eigenvalue weighted by Gasteiger charge is 2.22. The number of hydrogen-bond donors (Lipinski definition) is 2. The smallest absolute Gasteiger partial charge is 0.303 e. The number of carbonyl (C=O) groups is 1. The molecule has 0 saturated heterocycles. The van der Waals surface area contributed by atoms with E-state index < -0.39 is 5.97 Å². The molecule has 10 heteroatoms. The maximum Gasteiger partial charge on any atom is 0.303 e. The fourth-order valence-corrected chi connectivity index (χ4v) is 4.58. The Morgan fingerprint density at radius 1 is 1.48 bits per heavy atom. The van der Waals surface area contributed by atoms with Gasteiger partial charge in [-0.05, 0) is 57.2 Å². The van der Waals surface area contributed by atoms with Crippen molar-refractivity contribution in [2.75, 3.05) is 0 Å². The lowest BCUT2D eigenvalue weighted by atomic mass is 10.1. The molecule has 0 bridgehead atoms. The van der Waals surface area contributed by atoms with Crippen LogP contribution in [0.3, 0.4) is 0 Å². The number of aromatic nitrogens is 1. The largest absolute Gasteiger partial charge is 0.493 e. The Balaban J connectivity index is 2.22. The number of aromatic hydroxyl groups is 1. The van der Waals surface area contributed by atoms with Gasteiger partial charge in [-0.3, -0.25) is 14.4 Å². The lowest BCUT2D eigenvalue weighted by Gasteiger charge is -2.11. The summed E-state index contributed by atoms with van der Waals surface area (Å²) >= 11 is 14.0. The highest BCUT2D eigenvalue weighted by Crippen LogP contribution is 2.36. The zero-order valence-corrected chi connectivity index (χ0v) is 17.2. The Morgan fingerprint density at radius 2 is 2.16 bits per heavy atom. The summed E-state index contributed by atoms with van der Waals surface area (Å²) in [5.74, 6) is -0.862. The number of rotatable bonds is 5. The molecule has 6 nitrogen and oxygen atoms in total. The summed E-state index contributed by atoms with van der Waals surface area (Å²) in [4.78, 5) is 20.6. The topological polar surface area (TPSA) is 87.2 Å². The van der Waals surface area contributed by atoms with Crippen LogP contribution in [0.25, 0.3) is 6.08 Å². The van der Waals surface area contributed by atoms with Crippen LogP contribution in [0.4, 0.5) is 0 Å². The highest BCUT2D eigenvalue weighted by atomic mass is 35.5. The van der Waals surface area contributed by atoms with Gasteiger partial charge in [-0.1, -0.05) is 11.6 Å². The van der Waals surface area contributed by atoms with E-state index in [9.17, 15) is 9.90 Å². The maximum absolute atomic E-state index is 10.6. The van der Waals surface area contributed by atoms with Crippen LogP contribution in [-0.4, -0.2) is 36.6 Å². The summed E-state index contributed by atoms with van der Waals surface area (Å²) in [5, 5.41) is 20.0. The molecule has 0 saturated carbocycles. The van der Waals surface area contributed by atoms with Crippen LogP contribution in [0.15, 0.2) is 14.9 Å². The van der Waals surface area contributed by atoms with Gasteiger partial charge >= 0.3 is 5.97 Å². The van der Waals surface area contributed by atoms with E-state index in [0.717, 1.165) is 0 Å². The number of aliphatic imine (C=N–C) groups is 2. The van der Waals surface area contributed by atoms with Gasteiger partial charge in [-0.15, -0.1) is 11.3 Å². The number of aliphatic carboxylic acids is 1. The van der Waals surface area contributed by atoms with Gasteiger partial charge in [0.25, 0.3) is 0 Å². The maximum atomic E-state index is 10.6. The lowest BCUT2D eigenvalue weighted by molar-refractivity contribution is -0.137. The molecule has 136 valence electrons. The molecule has 0 radical (unpaired) electrons. The second-order valence-corrected chi connectivity index (χ2v) is 9.33. The second-order valence-electron chi connectivity index (χ2n) is 6.28. The molecule has 2 heterocycles. The summed E-state index contributed by atoms with van der Waals surface area (Å²) < 4.78 is 2.01. The van der Waals surface area contributed by atoms with Gasteiger partial charge < -0.3 is 10.2 Å². The van der Waals surface area contributed by atoms with Crippen LogP contribution in [0.2, 0.25) is 0 Å². The molecule has 0 amide bonds. The van der Waals surface area contributed by atoms with Crippen LogP contribution < -0.4 is 0 Å². The summed E-state index contributed by atoms with van der Waals surface area (Å²) in [6.45, 7) is 6.27. The second kappa shape index (κ2) is 8.03. The first-order valence-corrected chi connectivity index (χ1v) is 9.87. The fraction of sp³-hybridized carbons (Fsp3) is 0.467. The van der Waals surface area contributed by atoms with E-state index >= 15 is 0 Å². The van der Waals surface area contributed by atoms with Crippen LogP contribution >= 0.6 is 46.9 Å². The zero-order valence-electron chi connectivity index (χ0n) is 13.9. The number of nitrogens with zero attached hydrogens (tertiary/aromatic N) is 3. The van der Waals surface area contributed by atoms with Crippen molar-refractivity contribution in [3.8, 4) is 5.88 Å². The van der Waals surface area contributed by atoms with E-state index in [-0.39, 0.29) is 17.8 Å². The Morgan fingerprint density at radius 3 is 2.76 bits per heavy atom. The van der Waals surface area contributed by atoms with Crippen LogP contribution in [0.5, 0.6) is 5.88 Å². The van der Waals surface area contributed by atoms with Crippen molar-refractivity contribution in [1.29, 1.82) is 0 Å². The van der Waals surface area contributed by atoms with Gasteiger partial charge in [-0.25, -0.2) is 4.99 Å². The first kappa shape index (κ1) is 20.2. The first-order chi connectivity index (χ1) is 11.6. The standard InChI is InChI=1S/C15H18ClN3O3S3/c1-15(2,3)18-13-17-11(16)8(24-13)7-9-12(22)19(14(23)25-9)6-4-5-10(20)21/h7,22H,4-6H2,1-3H3,(H,20,21). The normalized spacial score (nSPS) is 18.2. The molecule has 0 unspecified atom stereocenters. The molecule has 1 aliphatic heterocycles. The Bertz CT molecular complexity index is 831. The average Bonchev–Trinajstić information content (AvgIpc) is 2.91. The number of halogens is 1. The van der Waals surface area contributed by atoms with Crippen molar-refractivity contribution in [1.82, 2.24) is 4.57 Å². The Hall–Kier alpha value is -1.16. The van der Waals surface area contributed by atoms with Crippen LogP contribution in [0, 0.1) is 3.95 Å². The van der Waals surface area contributed by atoms with Gasteiger partial charge in [0.1, 0.15) is 5.17 Å². The molecule has 1 aliphatic rings. The minimum Gasteiger partial charge on any atom is -0.493 e. The lowest BCUT2D eigenvalue weighted by Crippen LogP contribution is -2.11. The van der Waals surface area contributed by atoms with Crippen molar-refractivity contribution < 1.29 is 15.0 Å². The van der Waals surface area contributed by atoms with Gasteiger partial charge in [0.2, 0.25) is 5.88 Å². The third-order valence-electron chi connectivity index (χ3n) is 2.96. The van der Waals surface area contributed by atoms with E-state index in [1.165, 1.54) is 27.7 Å². The van der Waals surface area contributed by atoms with Crippen molar-refractivity contribution in [3.05, 3.63) is 13.7 Å². The molecule has 1 aromatic rings. The molecule has 1 aromatic heterocycles. The Kier molecular flexibility index (Phi) is 6.47. The van der Waals surface area contributed by atoms with E-state index in [1.54, 1.807) is 6.08 Å². The predicted octanol–water partition coefficient (Wildman–Crippen LogP) is 4.73.